The molecular weight excluding hydrogens is 354 g/mol. The zero-order chi connectivity index (χ0) is 18.9. The van der Waals surface area contributed by atoms with Crippen molar-refractivity contribution in [1.82, 2.24) is 4.98 Å². The molecule has 3 rings (SSSR count). The van der Waals surface area contributed by atoms with Gasteiger partial charge in [0.25, 0.3) is 0 Å². The summed E-state index contributed by atoms with van der Waals surface area (Å²) in [5, 5.41) is 14.6. The van der Waals surface area contributed by atoms with Crippen LogP contribution in [0.5, 0.6) is 0 Å². The number of piperidine rings is 1. The van der Waals surface area contributed by atoms with Crippen LogP contribution in [0.4, 0.5) is 5.69 Å². The normalized spacial score (nSPS) is 15.8. The van der Waals surface area contributed by atoms with E-state index in [0.29, 0.717) is 24.7 Å². The number of carboxylic acids is 1. The Hall–Kier alpha value is -2.45. The first-order valence-corrected chi connectivity index (χ1v) is 9.88. The van der Waals surface area contributed by atoms with Crippen molar-refractivity contribution in [3.63, 3.8) is 0 Å². The maximum atomic E-state index is 11.6. The van der Waals surface area contributed by atoms with E-state index in [1.807, 2.05) is 24.1 Å². The summed E-state index contributed by atoms with van der Waals surface area (Å²) in [5.41, 5.74) is 2.64. The van der Waals surface area contributed by atoms with Crippen molar-refractivity contribution in [3.05, 3.63) is 53.3 Å². The van der Waals surface area contributed by atoms with E-state index in [1.165, 1.54) is 17.7 Å². The summed E-state index contributed by atoms with van der Waals surface area (Å²) in [6.07, 6.45) is 3.65. The largest absolute Gasteiger partial charge is 0.478 e. The van der Waals surface area contributed by atoms with Crippen LogP contribution in [0.25, 0.3) is 0 Å². The van der Waals surface area contributed by atoms with E-state index in [4.69, 9.17) is 5.14 Å². The molecule has 0 spiro atoms. The summed E-state index contributed by atoms with van der Waals surface area (Å²) in [4.78, 5) is 17.7. The zero-order valence-electron chi connectivity index (χ0n) is 14.4. The first kappa shape index (κ1) is 18.3. The Morgan fingerprint density at radius 3 is 2.46 bits per heavy atom. The third kappa shape index (κ3) is 3.86. The third-order valence-corrected chi connectivity index (χ3v) is 5.68. The number of hydrogen-bond acceptors (Lipinski definition) is 5. The van der Waals surface area contributed by atoms with E-state index in [1.54, 1.807) is 0 Å². The SMILES string of the molecule is Cc1ccc(C2CCN(c3ccc(S(N)(=O)=O)cc3C(=O)O)CC2)cn1. The van der Waals surface area contributed by atoms with Crippen LogP contribution in [0.2, 0.25) is 0 Å². The van der Waals surface area contributed by atoms with Gasteiger partial charge in [0.05, 0.1) is 16.1 Å². The highest BCUT2D eigenvalue weighted by molar-refractivity contribution is 7.89. The number of anilines is 1. The molecule has 0 bridgehead atoms. The molecule has 1 aliphatic rings. The molecule has 138 valence electrons. The van der Waals surface area contributed by atoms with Crippen LogP contribution >= 0.6 is 0 Å². The van der Waals surface area contributed by atoms with Gasteiger partial charge in [0.15, 0.2) is 0 Å². The van der Waals surface area contributed by atoms with E-state index in [0.717, 1.165) is 24.6 Å². The molecule has 1 aromatic heterocycles. The van der Waals surface area contributed by atoms with Crippen LogP contribution in [0.1, 0.15) is 40.4 Å². The number of aromatic carboxylic acids is 1. The minimum atomic E-state index is -3.94. The summed E-state index contributed by atoms with van der Waals surface area (Å²) >= 11 is 0. The van der Waals surface area contributed by atoms with Gasteiger partial charge in [-0.25, -0.2) is 18.4 Å². The van der Waals surface area contributed by atoms with Crippen molar-refractivity contribution < 1.29 is 18.3 Å². The molecule has 1 saturated heterocycles. The second-order valence-corrected chi connectivity index (χ2v) is 8.08. The Balaban J connectivity index is 1.80. The number of benzene rings is 1. The van der Waals surface area contributed by atoms with E-state index in [2.05, 4.69) is 11.1 Å². The van der Waals surface area contributed by atoms with Gasteiger partial charge < -0.3 is 10.0 Å². The zero-order valence-corrected chi connectivity index (χ0v) is 15.2. The smallest absolute Gasteiger partial charge is 0.337 e. The maximum absolute atomic E-state index is 11.6. The summed E-state index contributed by atoms with van der Waals surface area (Å²) in [6, 6.07) is 8.09. The fraction of sp³-hybridized carbons (Fsp3) is 0.333. The Kier molecular flexibility index (Phi) is 4.97. The molecule has 0 saturated carbocycles. The minimum absolute atomic E-state index is 0.0491. The predicted molar refractivity (Wildman–Crippen MR) is 97.9 cm³/mol. The molecule has 0 atom stereocenters. The van der Waals surface area contributed by atoms with Gasteiger partial charge in [-0.3, -0.25) is 4.98 Å². The minimum Gasteiger partial charge on any atom is -0.478 e. The van der Waals surface area contributed by atoms with Crippen molar-refractivity contribution in [2.24, 2.45) is 5.14 Å². The molecule has 8 heteroatoms. The van der Waals surface area contributed by atoms with E-state index < -0.39 is 16.0 Å². The highest BCUT2D eigenvalue weighted by Gasteiger charge is 2.25. The first-order chi connectivity index (χ1) is 12.3. The van der Waals surface area contributed by atoms with Crippen LogP contribution in [0.15, 0.2) is 41.4 Å². The fourth-order valence-corrected chi connectivity index (χ4v) is 3.85. The molecule has 0 amide bonds. The van der Waals surface area contributed by atoms with E-state index >= 15 is 0 Å². The number of nitrogens with zero attached hydrogens (tertiary/aromatic N) is 2. The van der Waals surface area contributed by atoms with Crippen LogP contribution < -0.4 is 10.0 Å². The van der Waals surface area contributed by atoms with Gasteiger partial charge in [-0.05, 0) is 55.5 Å². The van der Waals surface area contributed by atoms with Crippen molar-refractivity contribution in [1.29, 1.82) is 0 Å². The summed E-state index contributed by atoms with van der Waals surface area (Å²) in [7, 11) is -3.94. The number of sulfonamides is 1. The topological polar surface area (TPSA) is 114 Å². The molecule has 7 nitrogen and oxygen atoms in total. The lowest BCUT2D eigenvalue weighted by atomic mass is 9.90. The Bertz CT molecular complexity index is 918. The molecule has 1 aliphatic heterocycles. The highest BCUT2D eigenvalue weighted by Crippen LogP contribution is 2.32. The molecule has 26 heavy (non-hydrogen) atoms. The second kappa shape index (κ2) is 7.05. The molecule has 1 fully saturated rings. The molecule has 2 heterocycles. The first-order valence-electron chi connectivity index (χ1n) is 8.33. The number of carboxylic acid groups (broad SMARTS) is 1. The quantitative estimate of drug-likeness (QED) is 0.846. The van der Waals surface area contributed by atoms with Crippen LogP contribution in [-0.2, 0) is 10.0 Å². The Labute approximate surface area is 152 Å². The standard InChI is InChI=1S/C18H21N3O4S/c1-12-2-3-14(11-20-12)13-6-8-21(9-7-13)17-5-4-15(26(19,24)25)10-16(17)18(22)23/h2-5,10-11,13H,6-9H2,1H3,(H,22,23)(H2,19,24,25). The average molecular weight is 375 g/mol. The predicted octanol–water partition coefficient (Wildman–Crippen LogP) is 2.12. The molecule has 0 unspecified atom stereocenters. The third-order valence-electron chi connectivity index (χ3n) is 4.77. The lowest BCUT2D eigenvalue weighted by molar-refractivity contribution is 0.0697. The van der Waals surface area contributed by atoms with Gasteiger partial charge >= 0.3 is 5.97 Å². The summed E-state index contributed by atoms with van der Waals surface area (Å²) in [6.45, 7) is 3.33. The molecular formula is C18H21N3O4S. The lowest BCUT2D eigenvalue weighted by Gasteiger charge is -2.34. The van der Waals surface area contributed by atoms with Gasteiger partial charge in [-0.2, -0.15) is 0 Å². The fourth-order valence-electron chi connectivity index (χ4n) is 3.31. The van der Waals surface area contributed by atoms with Crippen LogP contribution in [0.3, 0.4) is 0 Å². The van der Waals surface area contributed by atoms with Crippen molar-refractivity contribution in [2.45, 2.75) is 30.6 Å². The summed E-state index contributed by atoms with van der Waals surface area (Å²) in [5.74, 6) is -0.785. The Morgan fingerprint density at radius 2 is 1.92 bits per heavy atom. The lowest BCUT2D eigenvalue weighted by Crippen LogP contribution is -2.34. The van der Waals surface area contributed by atoms with Crippen molar-refractivity contribution in [3.8, 4) is 0 Å². The molecule has 0 aliphatic carbocycles. The molecule has 3 N–H and O–H groups in total. The maximum Gasteiger partial charge on any atom is 0.337 e. The number of aromatic nitrogens is 1. The van der Waals surface area contributed by atoms with Gasteiger partial charge in [0.2, 0.25) is 10.0 Å². The number of aryl methyl sites for hydroxylation is 1. The van der Waals surface area contributed by atoms with Crippen molar-refractivity contribution in [2.75, 3.05) is 18.0 Å². The molecule has 2 aromatic rings. The monoisotopic (exact) mass is 375 g/mol. The summed E-state index contributed by atoms with van der Waals surface area (Å²) < 4.78 is 23.0. The average Bonchev–Trinajstić information content (AvgIpc) is 2.61. The van der Waals surface area contributed by atoms with E-state index in [9.17, 15) is 18.3 Å². The van der Waals surface area contributed by atoms with Gasteiger partial charge in [0.1, 0.15) is 0 Å². The number of rotatable bonds is 4. The van der Waals surface area contributed by atoms with Gasteiger partial charge in [-0.15, -0.1) is 0 Å². The van der Waals surface area contributed by atoms with Crippen LogP contribution in [-0.4, -0.2) is 37.6 Å². The van der Waals surface area contributed by atoms with Crippen molar-refractivity contribution >= 4 is 21.7 Å². The molecule has 0 radical (unpaired) electrons. The van der Waals surface area contributed by atoms with Gasteiger partial charge in [0, 0.05) is 25.0 Å². The number of pyridine rings is 1. The Morgan fingerprint density at radius 1 is 1.23 bits per heavy atom. The second-order valence-electron chi connectivity index (χ2n) is 6.52. The number of hydrogen-bond donors (Lipinski definition) is 2. The number of carbonyl (C=O) groups is 1. The highest BCUT2D eigenvalue weighted by atomic mass is 32.2. The van der Waals surface area contributed by atoms with E-state index in [-0.39, 0.29) is 10.5 Å². The number of nitrogens with two attached hydrogens (primary N) is 1. The molecule has 1 aromatic carbocycles. The van der Waals surface area contributed by atoms with Gasteiger partial charge in [-0.1, -0.05) is 6.07 Å². The number of primary sulfonamides is 1. The van der Waals surface area contributed by atoms with Crippen LogP contribution in [0, 0.1) is 6.92 Å².